The van der Waals surface area contributed by atoms with Crippen LogP contribution in [0.3, 0.4) is 0 Å². The van der Waals surface area contributed by atoms with Crippen LogP contribution in [0.4, 0.5) is 0 Å². The van der Waals surface area contributed by atoms with E-state index in [0.717, 1.165) is 43.8 Å². The van der Waals surface area contributed by atoms with Gasteiger partial charge in [-0.15, -0.1) is 0 Å². The monoisotopic (exact) mass is 525 g/mol. The van der Waals surface area contributed by atoms with Crippen LogP contribution in [0.1, 0.15) is 0 Å². The molecule has 0 saturated carbocycles. The van der Waals surface area contributed by atoms with Crippen LogP contribution in [0.25, 0.3) is 71.2 Å². The van der Waals surface area contributed by atoms with E-state index in [1.54, 1.807) is 12.1 Å². The fourth-order valence-electron chi connectivity index (χ4n) is 6.19. The molecule has 0 radical (unpaired) electrons. The van der Waals surface area contributed by atoms with Crippen molar-refractivity contribution in [2.45, 2.75) is 0 Å². The SMILES string of the molecule is O=c1c2ccccc2c2cc(-c3cccc(-c4cccc(-c5ccccc5)c4)c3)cc3c4ccccc4c(=O)n1c23. The number of nitrogens with zero attached hydrogens (tertiary/aromatic N) is 1. The summed E-state index contributed by atoms with van der Waals surface area (Å²) in [7, 11) is 0. The van der Waals surface area contributed by atoms with Gasteiger partial charge in [-0.05, 0) is 80.6 Å². The van der Waals surface area contributed by atoms with E-state index in [4.69, 9.17) is 0 Å². The average molecular weight is 526 g/mol. The number of hydrogen-bond donors (Lipinski definition) is 0. The molecule has 3 heteroatoms. The maximum Gasteiger partial charge on any atom is 0.266 e. The zero-order chi connectivity index (χ0) is 27.5. The molecule has 2 heterocycles. The van der Waals surface area contributed by atoms with E-state index in [1.165, 1.54) is 15.5 Å². The summed E-state index contributed by atoms with van der Waals surface area (Å²) in [5, 5.41) is 4.58. The molecule has 192 valence electrons. The van der Waals surface area contributed by atoms with Gasteiger partial charge in [-0.3, -0.25) is 9.59 Å². The van der Waals surface area contributed by atoms with Gasteiger partial charge in [0.05, 0.1) is 5.52 Å². The molecule has 0 aliphatic carbocycles. The van der Waals surface area contributed by atoms with Crippen LogP contribution in [0.2, 0.25) is 0 Å². The van der Waals surface area contributed by atoms with Crippen LogP contribution in [0, 0.1) is 0 Å². The molecule has 0 N–H and O–H groups in total. The molecule has 0 aliphatic heterocycles. The lowest BCUT2D eigenvalue weighted by atomic mass is 9.93. The number of rotatable bonds is 3. The summed E-state index contributed by atoms with van der Waals surface area (Å²) in [5.74, 6) is 0. The van der Waals surface area contributed by atoms with Gasteiger partial charge < -0.3 is 0 Å². The highest BCUT2D eigenvalue weighted by molar-refractivity contribution is 6.19. The summed E-state index contributed by atoms with van der Waals surface area (Å²) in [6.07, 6.45) is 0. The summed E-state index contributed by atoms with van der Waals surface area (Å²) < 4.78 is 1.37. The van der Waals surface area contributed by atoms with Crippen LogP contribution < -0.4 is 11.1 Å². The third kappa shape index (κ3) is 3.60. The van der Waals surface area contributed by atoms with Gasteiger partial charge in [0.1, 0.15) is 0 Å². The minimum Gasteiger partial charge on any atom is -0.268 e. The highest BCUT2D eigenvalue weighted by atomic mass is 16.2. The van der Waals surface area contributed by atoms with Gasteiger partial charge in [-0.2, -0.15) is 0 Å². The third-order valence-corrected chi connectivity index (χ3v) is 8.13. The van der Waals surface area contributed by atoms with Gasteiger partial charge in [0.2, 0.25) is 0 Å². The molecule has 3 nitrogen and oxygen atoms in total. The molecule has 2 aromatic heterocycles. The highest BCUT2D eigenvalue weighted by Gasteiger charge is 2.18. The lowest BCUT2D eigenvalue weighted by Crippen LogP contribution is -2.27. The first kappa shape index (κ1) is 23.4. The zero-order valence-corrected chi connectivity index (χ0v) is 22.0. The van der Waals surface area contributed by atoms with Crippen LogP contribution in [-0.4, -0.2) is 4.40 Å². The van der Waals surface area contributed by atoms with Crippen molar-refractivity contribution in [3.63, 3.8) is 0 Å². The lowest BCUT2D eigenvalue weighted by Gasteiger charge is -2.15. The quantitative estimate of drug-likeness (QED) is 0.171. The second-order valence-corrected chi connectivity index (χ2v) is 10.5. The van der Waals surface area contributed by atoms with Gasteiger partial charge in [-0.25, -0.2) is 4.40 Å². The number of fused-ring (bicyclic) bond motifs is 4. The summed E-state index contributed by atoms with van der Waals surface area (Å²) in [5.41, 5.74) is 6.86. The normalized spacial score (nSPS) is 11.6. The minimum atomic E-state index is -0.276. The Labute approximate surface area is 235 Å². The zero-order valence-electron chi connectivity index (χ0n) is 22.0. The van der Waals surface area contributed by atoms with Crippen LogP contribution >= 0.6 is 0 Å². The van der Waals surface area contributed by atoms with Crippen molar-refractivity contribution < 1.29 is 0 Å². The molecule has 0 unspecified atom stereocenters. The summed E-state index contributed by atoms with van der Waals surface area (Å²) in [6.45, 7) is 0. The van der Waals surface area contributed by atoms with Crippen molar-refractivity contribution in [3.8, 4) is 33.4 Å². The predicted octanol–water partition coefficient (Wildman–Crippen LogP) is 8.56. The Balaban J connectivity index is 1.41. The van der Waals surface area contributed by atoms with Crippen molar-refractivity contribution >= 4 is 37.8 Å². The average Bonchev–Trinajstić information content (AvgIpc) is 3.05. The molecule has 6 aromatic carbocycles. The molecule has 0 bridgehead atoms. The summed E-state index contributed by atoms with van der Waals surface area (Å²) >= 11 is 0. The van der Waals surface area contributed by atoms with Crippen molar-refractivity contribution in [2.75, 3.05) is 0 Å². The Morgan fingerprint density at radius 1 is 0.317 bits per heavy atom. The van der Waals surface area contributed by atoms with E-state index in [0.29, 0.717) is 16.3 Å². The molecular formula is C38H23NO2. The number of benzene rings is 6. The first-order valence-corrected chi connectivity index (χ1v) is 13.7. The summed E-state index contributed by atoms with van der Waals surface area (Å²) in [4.78, 5) is 27.2. The van der Waals surface area contributed by atoms with Crippen molar-refractivity contribution in [1.29, 1.82) is 0 Å². The summed E-state index contributed by atoms with van der Waals surface area (Å²) in [6, 6.07) is 47.0. The van der Waals surface area contributed by atoms with Gasteiger partial charge >= 0.3 is 0 Å². The fraction of sp³-hybridized carbons (Fsp3) is 0. The Morgan fingerprint density at radius 3 is 1.22 bits per heavy atom. The maximum absolute atomic E-state index is 13.6. The first-order valence-electron chi connectivity index (χ1n) is 13.7. The van der Waals surface area contributed by atoms with Gasteiger partial charge in [0.25, 0.3) is 11.1 Å². The van der Waals surface area contributed by atoms with Crippen LogP contribution in [-0.2, 0) is 0 Å². The van der Waals surface area contributed by atoms with Crippen molar-refractivity contribution in [1.82, 2.24) is 4.40 Å². The van der Waals surface area contributed by atoms with E-state index in [9.17, 15) is 9.59 Å². The molecular weight excluding hydrogens is 502 g/mol. The Kier molecular flexibility index (Phi) is 5.13. The van der Waals surface area contributed by atoms with Gasteiger partial charge in [0.15, 0.2) is 0 Å². The van der Waals surface area contributed by atoms with E-state index in [2.05, 4.69) is 84.9 Å². The molecule has 8 rings (SSSR count). The number of pyridine rings is 2. The van der Waals surface area contributed by atoms with Crippen LogP contribution in [0.5, 0.6) is 0 Å². The topological polar surface area (TPSA) is 38.5 Å². The van der Waals surface area contributed by atoms with E-state index >= 15 is 0 Å². The molecule has 8 aromatic rings. The predicted molar refractivity (Wildman–Crippen MR) is 170 cm³/mol. The molecule has 0 spiro atoms. The molecule has 0 aliphatic rings. The number of hydrogen-bond acceptors (Lipinski definition) is 2. The standard InChI is InChI=1S/C38H23NO2/c40-37-32-18-6-4-16-30(32)34-22-29(23-35-31-17-5-7-19-33(31)38(41)39(37)36(34)35)28-15-9-14-27(21-28)26-13-8-12-25(20-26)24-10-2-1-3-11-24/h1-23H. The maximum atomic E-state index is 13.6. The lowest BCUT2D eigenvalue weighted by molar-refractivity contribution is 1.09. The Morgan fingerprint density at radius 2 is 0.707 bits per heavy atom. The second kappa shape index (κ2) is 9.00. The Hall–Kier alpha value is -5.54. The largest absolute Gasteiger partial charge is 0.268 e. The van der Waals surface area contributed by atoms with E-state index < -0.39 is 0 Å². The van der Waals surface area contributed by atoms with Crippen molar-refractivity contribution in [2.24, 2.45) is 0 Å². The minimum absolute atomic E-state index is 0.276. The molecule has 0 amide bonds. The first-order chi connectivity index (χ1) is 20.2. The highest BCUT2D eigenvalue weighted by Crippen LogP contribution is 2.36. The van der Waals surface area contributed by atoms with Gasteiger partial charge in [-0.1, -0.05) is 103 Å². The smallest absolute Gasteiger partial charge is 0.266 e. The van der Waals surface area contributed by atoms with Crippen LogP contribution in [0.15, 0.2) is 149 Å². The Bertz CT molecular complexity index is 2300. The van der Waals surface area contributed by atoms with E-state index in [1.807, 2.05) is 42.5 Å². The third-order valence-electron chi connectivity index (χ3n) is 8.13. The molecule has 0 atom stereocenters. The molecule has 0 fully saturated rings. The van der Waals surface area contributed by atoms with Crippen molar-refractivity contribution in [3.05, 3.63) is 160 Å². The van der Waals surface area contributed by atoms with Gasteiger partial charge in [0, 0.05) is 21.5 Å². The number of aromatic nitrogens is 1. The molecule has 41 heavy (non-hydrogen) atoms. The second-order valence-electron chi connectivity index (χ2n) is 10.5. The van der Waals surface area contributed by atoms with E-state index in [-0.39, 0.29) is 11.1 Å². The molecule has 0 saturated heterocycles. The fourth-order valence-corrected chi connectivity index (χ4v) is 6.19.